The Balaban J connectivity index is 1.71. The van der Waals surface area contributed by atoms with Crippen LogP contribution in [-0.2, 0) is 11.3 Å². The molecular weight excluding hydrogens is 432 g/mol. The fourth-order valence-corrected chi connectivity index (χ4v) is 3.44. The number of aromatic amines is 1. The van der Waals surface area contributed by atoms with Gasteiger partial charge < -0.3 is 25.4 Å². The topological polar surface area (TPSA) is 161 Å². The van der Waals surface area contributed by atoms with Crippen LogP contribution in [0.25, 0.3) is 0 Å². The van der Waals surface area contributed by atoms with Gasteiger partial charge >= 0.3 is 11.7 Å². The fraction of sp³-hybridized carbons (Fsp3) is 0.429. The molecule has 5 N–H and O–H groups in total. The summed E-state index contributed by atoms with van der Waals surface area (Å²) in [5, 5.41) is 4.78. The molecule has 0 bridgehead atoms. The number of nitrogens with two attached hydrogens (primary N) is 1. The van der Waals surface area contributed by atoms with Crippen molar-refractivity contribution in [2.24, 2.45) is 0 Å². The number of carbonyl (C=O) groups excluding carboxylic acids is 2. The molecule has 33 heavy (non-hydrogen) atoms. The molecule has 0 fully saturated rings. The summed E-state index contributed by atoms with van der Waals surface area (Å²) in [6.45, 7) is 4.29. The van der Waals surface area contributed by atoms with Crippen molar-refractivity contribution in [1.82, 2.24) is 14.9 Å². The zero-order valence-electron chi connectivity index (χ0n) is 18.6. The maximum atomic E-state index is 12.6. The summed E-state index contributed by atoms with van der Waals surface area (Å²) in [7, 11) is 0. The summed E-state index contributed by atoms with van der Waals surface area (Å²) in [6.07, 6.45) is 2.13. The lowest BCUT2D eigenvalue weighted by Crippen LogP contribution is -2.45. The van der Waals surface area contributed by atoms with Crippen LogP contribution in [0.1, 0.15) is 33.1 Å². The van der Waals surface area contributed by atoms with Gasteiger partial charge in [-0.15, -0.1) is 0 Å². The number of benzene rings is 1. The number of nitrogens with one attached hydrogen (secondary N) is 3. The predicted molar refractivity (Wildman–Crippen MR) is 123 cm³/mol. The Hall–Kier alpha value is -3.96. The van der Waals surface area contributed by atoms with Crippen LogP contribution in [-0.4, -0.2) is 41.4 Å². The van der Waals surface area contributed by atoms with Gasteiger partial charge in [0.2, 0.25) is 12.7 Å². The molecule has 1 aromatic heterocycles. The highest BCUT2D eigenvalue weighted by Crippen LogP contribution is 2.34. The van der Waals surface area contributed by atoms with Crippen LogP contribution in [0.2, 0.25) is 0 Å². The van der Waals surface area contributed by atoms with Gasteiger partial charge in [-0.25, -0.2) is 9.59 Å². The van der Waals surface area contributed by atoms with Gasteiger partial charge in [0.05, 0.1) is 6.54 Å². The Morgan fingerprint density at radius 1 is 1.18 bits per heavy atom. The monoisotopic (exact) mass is 460 g/mol. The van der Waals surface area contributed by atoms with Gasteiger partial charge in [-0.2, -0.15) is 0 Å². The molecule has 0 spiro atoms. The van der Waals surface area contributed by atoms with Gasteiger partial charge in [0.15, 0.2) is 11.5 Å². The molecule has 0 saturated heterocycles. The van der Waals surface area contributed by atoms with Crippen LogP contribution < -0.4 is 42.0 Å². The number of unbranched alkanes of at least 4 members (excludes halogenated alkanes) is 1. The van der Waals surface area contributed by atoms with Crippen molar-refractivity contribution in [2.75, 3.05) is 35.8 Å². The van der Waals surface area contributed by atoms with E-state index in [-0.39, 0.29) is 24.8 Å². The summed E-state index contributed by atoms with van der Waals surface area (Å²) in [4.78, 5) is 53.2. The van der Waals surface area contributed by atoms with E-state index in [1.807, 2.05) is 13.8 Å². The molecule has 178 valence electrons. The predicted octanol–water partition coefficient (Wildman–Crippen LogP) is 1.21. The summed E-state index contributed by atoms with van der Waals surface area (Å²) < 4.78 is 11.8. The smallest absolute Gasteiger partial charge is 0.330 e. The number of urea groups is 1. The second-order valence-corrected chi connectivity index (χ2v) is 7.49. The average molecular weight is 460 g/mol. The van der Waals surface area contributed by atoms with Crippen molar-refractivity contribution in [2.45, 2.75) is 39.7 Å². The molecule has 0 atom stereocenters. The SMILES string of the molecule is CCCCn1c(N)c(N(CCC)CC(=O)NC(=O)Nc2ccc3c(c2)OCO3)c(=O)[nH]c1=O. The molecule has 1 aliphatic rings. The van der Waals surface area contributed by atoms with Crippen LogP contribution in [0, 0.1) is 0 Å². The van der Waals surface area contributed by atoms with E-state index in [0.29, 0.717) is 43.1 Å². The number of aromatic nitrogens is 2. The van der Waals surface area contributed by atoms with Crippen molar-refractivity contribution in [3.05, 3.63) is 39.0 Å². The lowest BCUT2D eigenvalue weighted by molar-refractivity contribution is -0.118. The number of amides is 3. The van der Waals surface area contributed by atoms with Gasteiger partial charge in [0.1, 0.15) is 11.5 Å². The van der Waals surface area contributed by atoms with Crippen molar-refractivity contribution >= 4 is 29.1 Å². The molecule has 12 nitrogen and oxygen atoms in total. The minimum absolute atomic E-state index is 0.0109. The molecule has 1 aliphatic heterocycles. The van der Waals surface area contributed by atoms with Crippen LogP contribution in [0.3, 0.4) is 0 Å². The lowest BCUT2D eigenvalue weighted by Gasteiger charge is -2.25. The van der Waals surface area contributed by atoms with Crippen molar-refractivity contribution < 1.29 is 19.1 Å². The van der Waals surface area contributed by atoms with Crippen LogP contribution >= 0.6 is 0 Å². The number of hydrogen-bond donors (Lipinski definition) is 4. The molecule has 3 rings (SSSR count). The highest BCUT2D eigenvalue weighted by molar-refractivity contribution is 6.02. The van der Waals surface area contributed by atoms with Gasteiger partial charge in [0, 0.05) is 24.8 Å². The second-order valence-electron chi connectivity index (χ2n) is 7.49. The largest absolute Gasteiger partial charge is 0.454 e. The summed E-state index contributed by atoms with van der Waals surface area (Å²) in [6, 6.07) is 4.09. The lowest BCUT2D eigenvalue weighted by atomic mass is 10.3. The zero-order chi connectivity index (χ0) is 24.0. The highest BCUT2D eigenvalue weighted by Gasteiger charge is 2.22. The van der Waals surface area contributed by atoms with Crippen molar-refractivity contribution in [3.8, 4) is 11.5 Å². The van der Waals surface area contributed by atoms with Gasteiger partial charge in [-0.05, 0) is 25.0 Å². The number of nitrogens with zero attached hydrogens (tertiary/aromatic N) is 2. The van der Waals surface area contributed by atoms with Gasteiger partial charge in [-0.1, -0.05) is 20.3 Å². The van der Waals surface area contributed by atoms with E-state index in [1.54, 1.807) is 18.2 Å². The van der Waals surface area contributed by atoms with Crippen molar-refractivity contribution in [3.63, 3.8) is 0 Å². The molecule has 2 aromatic rings. The third-order valence-electron chi connectivity index (χ3n) is 4.98. The quantitative estimate of drug-likeness (QED) is 0.434. The van der Waals surface area contributed by atoms with Gasteiger partial charge in [-0.3, -0.25) is 24.5 Å². The maximum Gasteiger partial charge on any atom is 0.330 e. The number of rotatable bonds is 9. The Morgan fingerprint density at radius 3 is 2.67 bits per heavy atom. The molecule has 0 unspecified atom stereocenters. The summed E-state index contributed by atoms with van der Waals surface area (Å²) in [5.41, 5.74) is 5.31. The summed E-state index contributed by atoms with van der Waals surface area (Å²) >= 11 is 0. The Bertz CT molecular complexity index is 1140. The number of imide groups is 1. The van der Waals surface area contributed by atoms with E-state index in [2.05, 4.69) is 15.6 Å². The Labute approximate surface area is 189 Å². The third-order valence-corrected chi connectivity index (χ3v) is 4.98. The molecule has 0 saturated carbocycles. The summed E-state index contributed by atoms with van der Waals surface area (Å²) in [5.74, 6) is 0.395. The van der Waals surface area contributed by atoms with Crippen molar-refractivity contribution in [1.29, 1.82) is 0 Å². The first-order chi connectivity index (χ1) is 15.8. The first-order valence-electron chi connectivity index (χ1n) is 10.7. The Morgan fingerprint density at radius 2 is 1.94 bits per heavy atom. The van der Waals surface area contributed by atoms with E-state index >= 15 is 0 Å². The minimum Gasteiger partial charge on any atom is -0.454 e. The molecule has 3 amide bonds. The fourth-order valence-electron chi connectivity index (χ4n) is 3.44. The molecule has 2 heterocycles. The van der Waals surface area contributed by atoms with E-state index in [4.69, 9.17) is 15.2 Å². The number of fused-ring (bicyclic) bond motifs is 1. The number of H-pyrrole nitrogens is 1. The molecule has 0 aliphatic carbocycles. The van der Waals surface area contributed by atoms with E-state index in [0.717, 1.165) is 6.42 Å². The molecule has 0 radical (unpaired) electrons. The van der Waals surface area contributed by atoms with Crippen LogP contribution in [0.4, 0.5) is 22.0 Å². The Kier molecular flexibility index (Phi) is 7.59. The number of ether oxygens (including phenoxy) is 2. The first kappa shape index (κ1) is 23.7. The van der Waals surface area contributed by atoms with E-state index in [1.165, 1.54) is 9.47 Å². The highest BCUT2D eigenvalue weighted by atomic mass is 16.7. The number of carbonyl (C=O) groups is 2. The van der Waals surface area contributed by atoms with Crippen LogP contribution in [0.15, 0.2) is 27.8 Å². The molecular formula is C21H28N6O6. The third kappa shape index (κ3) is 5.64. The standard InChI is InChI=1S/C21H28N6O6/c1-3-5-9-27-18(22)17(19(29)25-21(27)31)26(8-4-2)11-16(28)24-20(30)23-13-6-7-14-15(10-13)33-12-32-14/h6-7,10H,3-5,8-9,11-12,22H2,1-2H3,(H,25,29,31)(H2,23,24,28,30). The second kappa shape index (κ2) is 10.6. The maximum absolute atomic E-state index is 12.6. The average Bonchev–Trinajstić information content (AvgIpc) is 3.21. The van der Waals surface area contributed by atoms with E-state index in [9.17, 15) is 19.2 Å². The number of anilines is 3. The number of nitrogen functional groups attached to an aromatic ring is 1. The van der Waals surface area contributed by atoms with Crippen LogP contribution in [0.5, 0.6) is 11.5 Å². The zero-order valence-corrected chi connectivity index (χ0v) is 18.6. The number of hydrogen-bond acceptors (Lipinski definition) is 8. The van der Waals surface area contributed by atoms with E-state index < -0.39 is 23.2 Å². The first-order valence-corrected chi connectivity index (χ1v) is 10.7. The molecule has 12 heteroatoms. The normalized spacial score (nSPS) is 11.8. The van der Waals surface area contributed by atoms with Gasteiger partial charge in [0.25, 0.3) is 5.56 Å². The molecule has 1 aromatic carbocycles. The minimum atomic E-state index is -0.745.